The van der Waals surface area contributed by atoms with Crippen LogP contribution in [0.1, 0.15) is 64.7 Å². The fraction of sp³-hybridized carbons (Fsp3) is 0.938. The summed E-state index contributed by atoms with van der Waals surface area (Å²) in [5, 5.41) is 4.38. The summed E-state index contributed by atoms with van der Waals surface area (Å²) in [6, 6.07) is 0. The summed E-state index contributed by atoms with van der Waals surface area (Å²) in [6.07, 6.45) is 11.0. The molecule has 110 valence electrons. The minimum Gasteiger partial charge on any atom is -0.355 e. The van der Waals surface area contributed by atoms with Crippen LogP contribution >= 0.6 is 15.9 Å². The van der Waals surface area contributed by atoms with Gasteiger partial charge in [0.2, 0.25) is 5.91 Å². The molecule has 1 amide bonds. The second-order valence-electron chi connectivity index (χ2n) is 6.51. The number of carbonyl (C=O) groups is 1. The Morgan fingerprint density at radius 1 is 1.16 bits per heavy atom. The molecule has 2 aliphatic carbocycles. The van der Waals surface area contributed by atoms with Crippen LogP contribution in [0, 0.1) is 17.3 Å². The first-order chi connectivity index (χ1) is 9.22. The van der Waals surface area contributed by atoms with Crippen LogP contribution in [0.2, 0.25) is 0 Å². The highest BCUT2D eigenvalue weighted by Gasteiger charge is 2.39. The minimum atomic E-state index is -0.0292. The number of alkyl halides is 1. The maximum Gasteiger partial charge on any atom is 0.226 e. The van der Waals surface area contributed by atoms with Crippen LogP contribution in [0.4, 0.5) is 0 Å². The first-order valence-electron chi connectivity index (χ1n) is 8.06. The first-order valence-corrected chi connectivity index (χ1v) is 9.18. The van der Waals surface area contributed by atoms with E-state index in [0.717, 1.165) is 37.1 Å². The fourth-order valence-corrected chi connectivity index (χ4v) is 4.81. The Balaban J connectivity index is 1.85. The van der Waals surface area contributed by atoms with E-state index in [-0.39, 0.29) is 5.41 Å². The van der Waals surface area contributed by atoms with Crippen LogP contribution in [0.15, 0.2) is 0 Å². The molecule has 19 heavy (non-hydrogen) atoms. The number of carbonyl (C=O) groups excluding carboxylic acids is 1. The smallest absolute Gasteiger partial charge is 0.226 e. The number of nitrogens with one attached hydrogen (secondary N) is 1. The van der Waals surface area contributed by atoms with E-state index in [9.17, 15) is 4.79 Å². The molecule has 0 aromatic rings. The quantitative estimate of drug-likeness (QED) is 0.749. The molecule has 1 N–H and O–H groups in total. The van der Waals surface area contributed by atoms with Crippen molar-refractivity contribution in [2.24, 2.45) is 17.3 Å². The Morgan fingerprint density at radius 2 is 1.79 bits per heavy atom. The second-order valence-corrected chi connectivity index (χ2v) is 7.16. The Bertz CT molecular complexity index is 299. The molecule has 3 heteroatoms. The van der Waals surface area contributed by atoms with Crippen molar-refractivity contribution in [2.45, 2.75) is 64.7 Å². The summed E-state index contributed by atoms with van der Waals surface area (Å²) in [5.74, 6) is 1.79. The highest BCUT2D eigenvalue weighted by atomic mass is 79.9. The van der Waals surface area contributed by atoms with E-state index >= 15 is 0 Å². The van der Waals surface area contributed by atoms with Crippen molar-refractivity contribution < 1.29 is 4.79 Å². The van der Waals surface area contributed by atoms with Gasteiger partial charge in [-0.15, -0.1) is 0 Å². The number of halogens is 1. The maximum atomic E-state index is 12.5. The van der Waals surface area contributed by atoms with E-state index < -0.39 is 0 Å². The molecule has 2 rings (SSSR count). The van der Waals surface area contributed by atoms with Crippen LogP contribution in [-0.4, -0.2) is 17.8 Å². The van der Waals surface area contributed by atoms with E-state index in [1.165, 1.54) is 38.5 Å². The van der Waals surface area contributed by atoms with Gasteiger partial charge in [-0.3, -0.25) is 4.79 Å². The van der Waals surface area contributed by atoms with Crippen LogP contribution in [0.5, 0.6) is 0 Å². The molecule has 0 radical (unpaired) electrons. The molecule has 0 aromatic carbocycles. The van der Waals surface area contributed by atoms with Crippen molar-refractivity contribution in [3.63, 3.8) is 0 Å². The van der Waals surface area contributed by atoms with Gasteiger partial charge in [-0.2, -0.15) is 0 Å². The number of rotatable bonds is 5. The van der Waals surface area contributed by atoms with E-state index in [0.29, 0.717) is 11.8 Å². The zero-order valence-corrected chi connectivity index (χ0v) is 13.8. The first kappa shape index (κ1) is 15.3. The summed E-state index contributed by atoms with van der Waals surface area (Å²) in [4.78, 5) is 12.5. The minimum absolute atomic E-state index is 0.0292. The lowest BCUT2D eigenvalue weighted by atomic mass is 9.79. The molecule has 0 aromatic heterocycles. The van der Waals surface area contributed by atoms with Gasteiger partial charge in [0, 0.05) is 17.3 Å². The molecule has 2 atom stereocenters. The number of amides is 1. The molecular weight excluding hydrogens is 302 g/mol. The maximum absolute atomic E-state index is 12.5. The Morgan fingerprint density at radius 3 is 2.37 bits per heavy atom. The molecular formula is C16H28BrNO. The third kappa shape index (κ3) is 3.53. The van der Waals surface area contributed by atoms with Crippen molar-refractivity contribution in [3.8, 4) is 0 Å². The van der Waals surface area contributed by atoms with Crippen molar-refractivity contribution in [1.82, 2.24) is 5.32 Å². The van der Waals surface area contributed by atoms with E-state index in [2.05, 4.69) is 28.2 Å². The Kier molecular flexibility index (Phi) is 5.73. The topological polar surface area (TPSA) is 29.1 Å². The van der Waals surface area contributed by atoms with Gasteiger partial charge in [-0.25, -0.2) is 0 Å². The SMILES string of the molecule is CCC1(C(=O)NCC2CCCCC2CBr)CCCC1. The summed E-state index contributed by atoms with van der Waals surface area (Å²) >= 11 is 3.64. The lowest BCUT2D eigenvalue weighted by Gasteiger charge is -2.32. The second kappa shape index (κ2) is 7.10. The van der Waals surface area contributed by atoms with Gasteiger partial charge in [0.1, 0.15) is 0 Å². The van der Waals surface area contributed by atoms with Gasteiger partial charge < -0.3 is 5.32 Å². The molecule has 0 saturated heterocycles. The van der Waals surface area contributed by atoms with Crippen LogP contribution in [0.25, 0.3) is 0 Å². The van der Waals surface area contributed by atoms with Crippen LogP contribution in [0.3, 0.4) is 0 Å². The van der Waals surface area contributed by atoms with Crippen LogP contribution < -0.4 is 5.32 Å². The molecule has 0 bridgehead atoms. The Labute approximate surface area is 126 Å². The third-order valence-electron chi connectivity index (χ3n) is 5.51. The standard InChI is InChI=1S/C16H28BrNO/c1-2-16(9-5-6-10-16)15(19)18-12-14-8-4-3-7-13(14)11-17/h13-14H,2-12H2,1H3,(H,18,19). The highest BCUT2D eigenvalue weighted by molar-refractivity contribution is 9.09. The number of hydrogen-bond donors (Lipinski definition) is 1. The zero-order chi connectivity index (χ0) is 13.7. The van der Waals surface area contributed by atoms with Crippen molar-refractivity contribution in [1.29, 1.82) is 0 Å². The van der Waals surface area contributed by atoms with Gasteiger partial charge in [0.15, 0.2) is 0 Å². The summed E-state index contributed by atoms with van der Waals surface area (Å²) in [5.41, 5.74) is -0.0292. The van der Waals surface area contributed by atoms with E-state index in [1.807, 2.05) is 0 Å². The van der Waals surface area contributed by atoms with Crippen molar-refractivity contribution >= 4 is 21.8 Å². The lowest BCUT2D eigenvalue weighted by Crippen LogP contribution is -2.42. The zero-order valence-electron chi connectivity index (χ0n) is 12.2. The summed E-state index contributed by atoms with van der Waals surface area (Å²) < 4.78 is 0. The van der Waals surface area contributed by atoms with E-state index in [4.69, 9.17) is 0 Å². The largest absolute Gasteiger partial charge is 0.355 e. The monoisotopic (exact) mass is 329 g/mol. The predicted octanol–water partition coefficient (Wildman–Crippen LogP) is 4.27. The molecule has 0 heterocycles. The summed E-state index contributed by atoms with van der Waals surface area (Å²) in [7, 11) is 0. The number of hydrogen-bond acceptors (Lipinski definition) is 1. The van der Waals surface area contributed by atoms with Gasteiger partial charge in [0.05, 0.1) is 0 Å². The fourth-order valence-electron chi connectivity index (χ4n) is 3.96. The van der Waals surface area contributed by atoms with Crippen molar-refractivity contribution in [3.05, 3.63) is 0 Å². The van der Waals surface area contributed by atoms with Crippen molar-refractivity contribution in [2.75, 3.05) is 11.9 Å². The molecule has 0 spiro atoms. The highest BCUT2D eigenvalue weighted by Crippen LogP contribution is 2.41. The average molecular weight is 330 g/mol. The van der Waals surface area contributed by atoms with Gasteiger partial charge >= 0.3 is 0 Å². The summed E-state index contributed by atoms with van der Waals surface area (Å²) in [6.45, 7) is 3.07. The molecule has 0 aliphatic heterocycles. The lowest BCUT2D eigenvalue weighted by molar-refractivity contribution is -0.131. The molecule has 2 unspecified atom stereocenters. The average Bonchev–Trinajstić information content (AvgIpc) is 2.95. The normalized spacial score (nSPS) is 30.2. The van der Waals surface area contributed by atoms with E-state index in [1.54, 1.807) is 0 Å². The third-order valence-corrected chi connectivity index (χ3v) is 6.34. The molecule has 2 saturated carbocycles. The van der Waals surface area contributed by atoms with Gasteiger partial charge in [-0.05, 0) is 43.9 Å². The van der Waals surface area contributed by atoms with Gasteiger partial charge in [-0.1, -0.05) is 48.5 Å². The predicted molar refractivity (Wildman–Crippen MR) is 83.4 cm³/mol. The molecule has 2 fully saturated rings. The Hall–Kier alpha value is -0.0500. The molecule has 2 nitrogen and oxygen atoms in total. The van der Waals surface area contributed by atoms with Crippen LogP contribution in [-0.2, 0) is 4.79 Å². The van der Waals surface area contributed by atoms with Gasteiger partial charge in [0.25, 0.3) is 0 Å². The molecule has 2 aliphatic rings.